The SMILES string of the molecule is COc1cc(-c2nccc(-c3cccc(NC(=O)c4ccc(CN5CC[C@@H](O)C5)cn4)c3C)c2Cl)ccc1CN1CC[C@@H](O)C1. The smallest absolute Gasteiger partial charge is 0.274 e. The largest absolute Gasteiger partial charge is 0.496 e. The molecule has 2 aliphatic heterocycles. The van der Waals surface area contributed by atoms with Gasteiger partial charge in [-0.2, -0.15) is 0 Å². The summed E-state index contributed by atoms with van der Waals surface area (Å²) in [6.45, 7) is 6.38. The molecule has 4 aromatic rings. The molecule has 10 heteroatoms. The van der Waals surface area contributed by atoms with E-state index in [1.807, 2.05) is 55.5 Å². The third-order valence-electron chi connectivity index (χ3n) is 8.67. The second-order valence-electron chi connectivity index (χ2n) is 11.9. The minimum Gasteiger partial charge on any atom is -0.496 e. The summed E-state index contributed by atoms with van der Waals surface area (Å²) >= 11 is 7.02. The quantitative estimate of drug-likeness (QED) is 0.233. The Morgan fingerprint density at radius 1 is 0.978 bits per heavy atom. The summed E-state index contributed by atoms with van der Waals surface area (Å²) in [5.41, 5.74) is 7.06. The van der Waals surface area contributed by atoms with Gasteiger partial charge in [0.15, 0.2) is 0 Å². The number of pyridine rings is 2. The highest BCUT2D eigenvalue weighted by atomic mass is 35.5. The lowest BCUT2D eigenvalue weighted by atomic mass is 9.97. The molecule has 0 saturated carbocycles. The zero-order valence-electron chi connectivity index (χ0n) is 25.5. The monoisotopic (exact) mass is 627 g/mol. The van der Waals surface area contributed by atoms with Crippen LogP contribution in [0.1, 0.15) is 40.0 Å². The summed E-state index contributed by atoms with van der Waals surface area (Å²) in [5, 5.41) is 23.2. The van der Waals surface area contributed by atoms with E-state index >= 15 is 0 Å². The Bertz CT molecular complexity index is 1680. The van der Waals surface area contributed by atoms with Gasteiger partial charge in [0.05, 0.1) is 30.0 Å². The van der Waals surface area contributed by atoms with E-state index in [9.17, 15) is 15.0 Å². The van der Waals surface area contributed by atoms with Gasteiger partial charge in [0.2, 0.25) is 0 Å². The van der Waals surface area contributed by atoms with Crippen molar-refractivity contribution in [2.75, 3.05) is 38.6 Å². The maximum absolute atomic E-state index is 13.2. The fourth-order valence-corrected chi connectivity index (χ4v) is 6.51. The van der Waals surface area contributed by atoms with Gasteiger partial charge in [-0.3, -0.25) is 24.6 Å². The Kier molecular flexibility index (Phi) is 9.44. The summed E-state index contributed by atoms with van der Waals surface area (Å²) in [7, 11) is 1.65. The molecule has 4 heterocycles. The van der Waals surface area contributed by atoms with Crippen LogP contribution in [-0.4, -0.2) is 81.4 Å². The zero-order chi connectivity index (χ0) is 31.5. The number of β-amino-alcohol motifs (C(OH)–C–C–N with tert-alkyl or cyclic N) is 2. The Morgan fingerprint density at radius 3 is 2.40 bits per heavy atom. The molecule has 45 heavy (non-hydrogen) atoms. The van der Waals surface area contributed by atoms with E-state index < -0.39 is 0 Å². The van der Waals surface area contributed by atoms with Crippen molar-refractivity contribution in [3.8, 4) is 28.1 Å². The van der Waals surface area contributed by atoms with Crippen molar-refractivity contribution in [1.82, 2.24) is 19.8 Å². The molecule has 9 nitrogen and oxygen atoms in total. The molecule has 2 fully saturated rings. The van der Waals surface area contributed by atoms with E-state index in [0.717, 1.165) is 65.1 Å². The van der Waals surface area contributed by atoms with Crippen LogP contribution in [-0.2, 0) is 13.1 Å². The first-order valence-corrected chi connectivity index (χ1v) is 15.7. The van der Waals surface area contributed by atoms with Gasteiger partial charge in [0, 0.05) is 74.0 Å². The summed E-state index contributed by atoms with van der Waals surface area (Å²) in [5.74, 6) is 0.449. The van der Waals surface area contributed by atoms with Crippen molar-refractivity contribution in [1.29, 1.82) is 0 Å². The van der Waals surface area contributed by atoms with E-state index in [-0.39, 0.29) is 18.1 Å². The second-order valence-corrected chi connectivity index (χ2v) is 12.3. The summed E-state index contributed by atoms with van der Waals surface area (Å²) in [4.78, 5) is 26.6. The number of hydrogen-bond acceptors (Lipinski definition) is 8. The van der Waals surface area contributed by atoms with Gasteiger partial charge in [-0.15, -0.1) is 0 Å². The fraction of sp³-hybridized carbons (Fsp3) is 0.343. The minimum absolute atomic E-state index is 0.271. The lowest BCUT2D eigenvalue weighted by Crippen LogP contribution is -2.21. The van der Waals surface area contributed by atoms with Crippen molar-refractivity contribution in [2.24, 2.45) is 0 Å². The topological polar surface area (TPSA) is 111 Å². The van der Waals surface area contributed by atoms with Gasteiger partial charge in [0.25, 0.3) is 5.91 Å². The van der Waals surface area contributed by atoms with Crippen molar-refractivity contribution >= 4 is 23.2 Å². The van der Waals surface area contributed by atoms with Crippen LogP contribution >= 0.6 is 11.6 Å². The molecular weight excluding hydrogens is 590 g/mol. The Hall–Kier alpha value is -3.86. The maximum Gasteiger partial charge on any atom is 0.274 e. The number of aliphatic hydroxyl groups excluding tert-OH is 2. The van der Waals surface area contributed by atoms with Crippen LogP contribution in [0.3, 0.4) is 0 Å². The number of hydrogen-bond donors (Lipinski definition) is 3. The van der Waals surface area contributed by atoms with Crippen LogP contribution in [0.15, 0.2) is 67.0 Å². The molecule has 2 aliphatic rings. The van der Waals surface area contributed by atoms with E-state index in [2.05, 4.69) is 25.1 Å². The molecule has 0 radical (unpaired) electrons. The molecule has 3 N–H and O–H groups in total. The van der Waals surface area contributed by atoms with Crippen molar-refractivity contribution < 1.29 is 19.7 Å². The molecule has 1 amide bonds. The number of benzene rings is 2. The number of nitrogens with zero attached hydrogens (tertiary/aromatic N) is 4. The third-order valence-corrected chi connectivity index (χ3v) is 9.06. The number of amides is 1. The maximum atomic E-state index is 13.2. The molecule has 2 atom stereocenters. The molecule has 0 bridgehead atoms. The molecular formula is C35H38ClN5O4. The van der Waals surface area contributed by atoms with Gasteiger partial charge in [-0.1, -0.05) is 41.9 Å². The first kappa shape index (κ1) is 31.1. The number of aliphatic hydroxyl groups is 2. The van der Waals surface area contributed by atoms with Crippen molar-refractivity contribution in [3.05, 3.63) is 94.4 Å². The van der Waals surface area contributed by atoms with Crippen LogP contribution in [0.2, 0.25) is 5.02 Å². The lowest BCUT2D eigenvalue weighted by Gasteiger charge is -2.18. The number of rotatable bonds is 9. The van der Waals surface area contributed by atoms with Gasteiger partial charge in [0.1, 0.15) is 11.4 Å². The number of carbonyl (C=O) groups excluding carboxylic acids is 1. The van der Waals surface area contributed by atoms with Crippen LogP contribution in [0, 0.1) is 6.92 Å². The first-order valence-electron chi connectivity index (χ1n) is 15.3. The number of halogens is 1. The highest BCUT2D eigenvalue weighted by Crippen LogP contribution is 2.39. The average Bonchev–Trinajstić information content (AvgIpc) is 3.65. The van der Waals surface area contributed by atoms with Gasteiger partial charge in [-0.05, 0) is 60.7 Å². The number of aromatic nitrogens is 2. The summed E-state index contributed by atoms with van der Waals surface area (Å²) in [6, 6.07) is 17.2. The van der Waals surface area contributed by atoms with Crippen LogP contribution in [0.5, 0.6) is 5.75 Å². The predicted octanol–water partition coefficient (Wildman–Crippen LogP) is 5.17. The summed E-state index contributed by atoms with van der Waals surface area (Å²) < 4.78 is 5.73. The molecule has 2 aromatic carbocycles. The Balaban J connectivity index is 1.20. The van der Waals surface area contributed by atoms with E-state index in [4.69, 9.17) is 16.3 Å². The highest BCUT2D eigenvalue weighted by molar-refractivity contribution is 6.35. The van der Waals surface area contributed by atoms with E-state index in [1.54, 1.807) is 25.6 Å². The average molecular weight is 628 g/mol. The number of nitrogens with one attached hydrogen (secondary N) is 1. The number of carbonyl (C=O) groups is 1. The number of methoxy groups -OCH3 is 1. The van der Waals surface area contributed by atoms with E-state index in [0.29, 0.717) is 48.3 Å². The minimum atomic E-state index is -0.296. The van der Waals surface area contributed by atoms with Crippen LogP contribution < -0.4 is 10.1 Å². The van der Waals surface area contributed by atoms with Crippen LogP contribution in [0.4, 0.5) is 5.69 Å². The summed E-state index contributed by atoms with van der Waals surface area (Å²) in [6.07, 6.45) is 4.48. The number of ether oxygens (including phenoxy) is 1. The lowest BCUT2D eigenvalue weighted by molar-refractivity contribution is 0.102. The number of likely N-dealkylation sites (tertiary alicyclic amines) is 2. The molecule has 0 spiro atoms. The Labute approximate surface area is 268 Å². The first-order chi connectivity index (χ1) is 21.8. The van der Waals surface area contributed by atoms with Crippen LogP contribution in [0.25, 0.3) is 22.4 Å². The standard InChI is InChI=1S/C35H38ClN5O4/c1-22-28(4-3-5-30(22)39-35(44)31-9-6-23(17-38-31)18-40-14-11-26(42)20-40)29-10-13-37-34(33(29)36)24-7-8-25(32(16-24)45-2)19-41-15-12-27(43)21-41/h3-10,13,16-17,26-27,42-43H,11-12,14-15,18-21H2,1-2H3,(H,39,44)/t26-,27-/m1/s1. The van der Waals surface area contributed by atoms with Gasteiger partial charge < -0.3 is 20.3 Å². The second kappa shape index (κ2) is 13.6. The van der Waals surface area contributed by atoms with Gasteiger partial charge >= 0.3 is 0 Å². The molecule has 234 valence electrons. The zero-order valence-corrected chi connectivity index (χ0v) is 26.3. The third kappa shape index (κ3) is 7.03. The normalized spacial score (nSPS) is 18.8. The molecule has 6 rings (SSSR count). The molecule has 2 aromatic heterocycles. The highest BCUT2D eigenvalue weighted by Gasteiger charge is 2.23. The Morgan fingerprint density at radius 2 is 1.73 bits per heavy atom. The van der Waals surface area contributed by atoms with Crippen molar-refractivity contribution in [3.63, 3.8) is 0 Å². The van der Waals surface area contributed by atoms with Crippen molar-refractivity contribution in [2.45, 2.75) is 45.1 Å². The molecule has 2 saturated heterocycles. The number of anilines is 1. The van der Waals surface area contributed by atoms with E-state index in [1.165, 1.54) is 0 Å². The molecule has 0 aliphatic carbocycles. The predicted molar refractivity (Wildman–Crippen MR) is 175 cm³/mol. The molecule has 0 unspecified atom stereocenters. The fourth-order valence-electron chi connectivity index (χ4n) is 6.19. The van der Waals surface area contributed by atoms with Gasteiger partial charge in [-0.25, -0.2) is 0 Å².